The van der Waals surface area contributed by atoms with Gasteiger partial charge in [-0.05, 0) is 216 Å². The molecule has 0 radical (unpaired) electrons. The minimum absolute atomic E-state index is 0.0304. The maximum absolute atomic E-state index is 16.2. The Morgan fingerprint density at radius 2 is 1.10 bits per heavy atom. The van der Waals surface area contributed by atoms with Crippen LogP contribution < -0.4 is 26.4 Å². The number of benzene rings is 2. The number of carbonyl (C=O) groups excluding carboxylic acids is 2. The van der Waals surface area contributed by atoms with Gasteiger partial charge in [0.2, 0.25) is 11.8 Å². The number of amides is 2. The summed E-state index contributed by atoms with van der Waals surface area (Å²) in [6.45, 7) is -5.64. The first-order chi connectivity index (χ1) is 59.5. The molecule has 34 heteroatoms. The fourth-order valence-electron chi connectivity index (χ4n) is 25.8. The summed E-state index contributed by atoms with van der Waals surface area (Å²) in [5.74, 6) is -27.0. The molecule has 2 aromatic carbocycles. The molecule has 2 aromatic rings. The lowest BCUT2D eigenvalue weighted by Gasteiger charge is -2.69. The van der Waals surface area contributed by atoms with E-state index < -0.39 is 217 Å². The molecule has 19 N–H and O–H groups in total. The van der Waals surface area contributed by atoms with Crippen molar-refractivity contribution in [3.05, 3.63) is 211 Å². The molecule has 646 valence electrons. The third-order valence-corrected chi connectivity index (χ3v) is 29.7. The fraction of sp³-hybridized carbons (Fsp3) is 0.407. The van der Waals surface area contributed by atoms with Crippen LogP contribution in [0.3, 0.4) is 0 Å². The van der Waals surface area contributed by atoms with Crippen LogP contribution in [0, 0.1) is 35.5 Å². The molecule has 0 bridgehead atoms. The highest BCUT2D eigenvalue weighted by Crippen LogP contribution is 2.81. The summed E-state index contributed by atoms with van der Waals surface area (Å²) in [4.78, 5) is 160. The number of nitrogens with one attached hydrogen (secondary N) is 3. The number of hydrogen-bond acceptors (Lipinski definition) is 22. The highest BCUT2D eigenvalue weighted by Gasteiger charge is 2.77. The van der Waals surface area contributed by atoms with Crippen LogP contribution in [0.25, 0.3) is 28.9 Å². The lowest BCUT2D eigenvalue weighted by atomic mass is 9.36. The second-order valence-electron chi connectivity index (χ2n) is 35.8. The van der Waals surface area contributed by atoms with E-state index in [2.05, 4.69) is 16.0 Å². The largest absolute Gasteiger partial charge is 0.507 e. The Hall–Kier alpha value is -12.4. The van der Waals surface area contributed by atoms with Crippen molar-refractivity contribution in [3.63, 3.8) is 0 Å². The van der Waals surface area contributed by atoms with Crippen molar-refractivity contribution in [2.45, 2.75) is 135 Å². The molecule has 0 spiro atoms. The molecule has 125 heavy (non-hydrogen) atoms. The van der Waals surface area contributed by atoms with Crippen LogP contribution >= 0.6 is 0 Å². The molecule has 20 rings (SSSR count). The molecule has 34 nitrogen and oxygen atoms in total. The van der Waals surface area contributed by atoms with E-state index in [4.69, 9.17) is 0 Å². The molecule has 18 atom stereocenters. The number of nitrogens with zero attached hydrogens (tertiary/aromatic N) is 3. The van der Waals surface area contributed by atoms with Crippen molar-refractivity contribution in [1.29, 1.82) is 0 Å². The summed E-state index contributed by atoms with van der Waals surface area (Å²) in [5.41, 5.74) is -0.283. The number of hydrogen-bond donors (Lipinski definition) is 19. The standard InChI is InChI=1S/C91H84N6O28/c98-50-25-44-65-68-66-43(81(44)112)24-42-62(87(121)122)46-11-8-15-88(94-18-6-3-14-49(86(119)120)97(31-55(107)108)32-56(109)110)26-35-19-33-21-39(82(113)92-16-4-1-12-47(84(115)116)95(27-51(99)100)28-52(101)102)38-20-34-22-41-61(83(114)93-17-5-2-13-48(85(117)118)96(29-53(103)104)30-54(105)106)36-9-7-10-37-60(36)71-64(41)70-57(34)69-63(38)58(33)75-59(35)79(91(46,88)125)67(42)76(66)90(75,124)78(69)72(68)77(70)89(123)73(65)40(50)23-45(74(71)89)80(37)111/h7-11,15,19-25,36,38,42,47-50,61-63,74,78-79,81,94,98,111-112,123-125H,1-6,12-14,16-18,26-32H2,(H,92,113)(H,93,114)(H,99,100)(H,101,102)(H,103,104)(H,105,106)(H,107,108)(H,109,110)(H,115,116)(H,117,118)(H,119,120)(H,121,122). The molecule has 2 amide bonds. The van der Waals surface area contributed by atoms with Crippen molar-refractivity contribution in [1.82, 2.24) is 30.7 Å². The third kappa shape index (κ3) is 10.8. The minimum Gasteiger partial charge on any atom is -0.507 e. The summed E-state index contributed by atoms with van der Waals surface area (Å²) >= 11 is 0. The number of aliphatic hydroxyl groups excluding tert-OH is 3. The van der Waals surface area contributed by atoms with Gasteiger partial charge in [0.1, 0.15) is 46.8 Å². The lowest BCUT2D eigenvalue weighted by molar-refractivity contribution is -0.152. The SMILES string of the molecule is O=C(O)CN(CC(=O)O)C(CCCCNC(=O)C1=Cc2cc3c4c5c2C2C6=c7c8c9c(cc7=CC12)C(C(=O)NCCCCC(C(=O)O)N(CC(=O)O)CC(=O)O)C1C=CC=C2C(O)=C7C=C%10C%11=C%12C(=CC%10O)C(O)C%10=CC%13C(=C%14C%10=C%12C(=C8C%11(O)C7C9=C21)C6C%145O)C4C1(O)C(=CC=CC1(NCCCCC(C(=O)O)N(CC(=O)O)CC(=O)O)C3)C%13C(=O)O)C(=O)O. The van der Waals surface area contributed by atoms with E-state index in [1.54, 1.807) is 48.6 Å². The third-order valence-electron chi connectivity index (χ3n) is 29.7. The normalized spacial score (nSPS) is 30.4. The van der Waals surface area contributed by atoms with Gasteiger partial charge in [-0.25, -0.2) is 0 Å². The number of aliphatic carboxylic acids is 10. The topological polar surface area (TPSA) is 574 Å². The van der Waals surface area contributed by atoms with Crippen molar-refractivity contribution >= 4 is 100 Å². The Morgan fingerprint density at radius 1 is 0.520 bits per heavy atom. The van der Waals surface area contributed by atoms with Gasteiger partial charge in [-0.3, -0.25) is 72.2 Å². The van der Waals surface area contributed by atoms with Crippen LogP contribution in [-0.4, -0.2) is 274 Å². The van der Waals surface area contributed by atoms with Crippen molar-refractivity contribution in [2.24, 2.45) is 35.5 Å². The first-order valence-electron chi connectivity index (χ1n) is 41.8. The van der Waals surface area contributed by atoms with Gasteiger partial charge in [-0.1, -0.05) is 61.1 Å². The smallest absolute Gasteiger partial charge is 0.320 e. The second-order valence-corrected chi connectivity index (χ2v) is 35.8. The molecule has 0 aliphatic heterocycles. The zero-order valence-corrected chi connectivity index (χ0v) is 66.4. The van der Waals surface area contributed by atoms with E-state index >= 15 is 24.9 Å². The average molecular weight is 1710 g/mol. The van der Waals surface area contributed by atoms with Crippen molar-refractivity contribution in [2.75, 3.05) is 58.9 Å². The van der Waals surface area contributed by atoms with E-state index in [-0.39, 0.29) is 151 Å². The lowest BCUT2D eigenvalue weighted by Crippen LogP contribution is -2.74. The summed E-state index contributed by atoms with van der Waals surface area (Å²) in [6.07, 6.45) is 14.9. The van der Waals surface area contributed by atoms with Gasteiger partial charge in [0.15, 0.2) is 0 Å². The summed E-state index contributed by atoms with van der Waals surface area (Å²) in [5, 5.41) is 199. The Balaban J connectivity index is 0.807. The highest BCUT2D eigenvalue weighted by atomic mass is 16.4. The Kier molecular flexibility index (Phi) is 18.2. The average Bonchev–Trinajstić information content (AvgIpc) is 0.611. The predicted molar refractivity (Wildman–Crippen MR) is 431 cm³/mol. The van der Waals surface area contributed by atoms with Crippen LogP contribution in [-0.2, 0) is 69.6 Å². The van der Waals surface area contributed by atoms with Gasteiger partial charge < -0.3 is 97.7 Å². The van der Waals surface area contributed by atoms with Gasteiger partial charge in [0.05, 0.1) is 68.7 Å². The molecule has 0 aromatic heterocycles. The van der Waals surface area contributed by atoms with Crippen LogP contribution in [0.5, 0.6) is 0 Å². The van der Waals surface area contributed by atoms with Gasteiger partial charge in [-0.15, -0.1) is 0 Å². The van der Waals surface area contributed by atoms with Crippen LogP contribution in [0.4, 0.5) is 0 Å². The fourth-order valence-corrected chi connectivity index (χ4v) is 25.8. The molecule has 1 saturated carbocycles. The number of rotatable bonds is 37. The van der Waals surface area contributed by atoms with Gasteiger partial charge >= 0.3 is 59.7 Å². The van der Waals surface area contributed by atoms with E-state index in [1.807, 2.05) is 24.3 Å². The maximum Gasteiger partial charge on any atom is 0.320 e. The molecular weight excluding hydrogens is 1630 g/mol. The summed E-state index contributed by atoms with van der Waals surface area (Å²) < 4.78 is 0. The van der Waals surface area contributed by atoms with Crippen molar-refractivity contribution in [3.8, 4) is 0 Å². The number of carboxylic acid groups (broad SMARTS) is 10. The summed E-state index contributed by atoms with van der Waals surface area (Å²) in [6, 6.07) is -0.890. The highest BCUT2D eigenvalue weighted by molar-refractivity contribution is 6.13. The molecule has 1 fully saturated rings. The van der Waals surface area contributed by atoms with Gasteiger partial charge in [0, 0.05) is 76.5 Å². The number of aliphatic hydroxyl groups is 6. The van der Waals surface area contributed by atoms with Gasteiger partial charge in [0.25, 0.3) is 0 Å². The second kappa shape index (κ2) is 28.1. The molecule has 18 aliphatic rings. The first-order valence-corrected chi connectivity index (χ1v) is 41.8. The Labute approximate surface area is 707 Å². The molecule has 0 saturated heterocycles. The van der Waals surface area contributed by atoms with E-state index in [0.29, 0.717) is 94.0 Å². The quantitative estimate of drug-likeness (QED) is 0.0414. The molecule has 0 heterocycles. The van der Waals surface area contributed by atoms with Crippen LogP contribution in [0.2, 0.25) is 0 Å². The minimum atomic E-state index is -2.39. The number of unbranched alkanes of at least 4 members (excludes halogenated alkanes) is 3. The predicted octanol–water partition coefficient (Wildman–Crippen LogP) is 0.691. The molecule has 18 aliphatic carbocycles. The Morgan fingerprint density at radius 3 is 1.69 bits per heavy atom. The number of allylic oxidation sites excluding steroid dienone is 9. The number of carbonyl (C=O) groups is 12. The van der Waals surface area contributed by atoms with E-state index in [9.17, 15) is 114 Å². The zero-order valence-electron chi connectivity index (χ0n) is 66.4. The van der Waals surface area contributed by atoms with Crippen LogP contribution in [0.1, 0.15) is 120 Å². The van der Waals surface area contributed by atoms with Crippen LogP contribution in [0.15, 0.2) is 156 Å². The van der Waals surface area contributed by atoms with E-state index in [0.717, 1.165) is 14.7 Å². The monoisotopic (exact) mass is 1710 g/mol. The maximum atomic E-state index is 16.2. The van der Waals surface area contributed by atoms with E-state index in [1.165, 1.54) is 6.08 Å². The van der Waals surface area contributed by atoms with Crippen molar-refractivity contribution < 1.29 is 139 Å². The Bertz CT molecular complexity index is 6180. The molecular formula is C91H84N6O28. The van der Waals surface area contributed by atoms with Gasteiger partial charge in [-0.2, -0.15) is 0 Å². The number of carboxylic acids is 10. The molecule has 18 unspecified atom stereocenters. The summed E-state index contributed by atoms with van der Waals surface area (Å²) in [7, 11) is 0. The first kappa shape index (κ1) is 81.0. The zero-order chi connectivity index (χ0) is 88.2.